The number of rotatable bonds is 5. The first kappa shape index (κ1) is 19.9. The molecule has 1 heterocycles. The Kier molecular flexibility index (Phi) is 5.09. The lowest BCUT2D eigenvalue weighted by molar-refractivity contribution is -0.132. The van der Waals surface area contributed by atoms with Crippen molar-refractivity contribution in [3.8, 4) is 0 Å². The monoisotopic (exact) mass is 415 g/mol. The van der Waals surface area contributed by atoms with E-state index < -0.39 is 17.4 Å². The Bertz CT molecular complexity index is 976. The van der Waals surface area contributed by atoms with Crippen LogP contribution in [-0.2, 0) is 29.7 Å². The Hall–Kier alpha value is -2.44. The van der Waals surface area contributed by atoms with Gasteiger partial charge in [-0.2, -0.15) is 0 Å². The van der Waals surface area contributed by atoms with Crippen molar-refractivity contribution in [2.75, 3.05) is 13.7 Å². The minimum Gasteiger partial charge on any atom is -0.319 e. The molecule has 4 rings (SSSR count). The topological polar surface area (TPSA) is 52.6 Å². The van der Waals surface area contributed by atoms with E-state index >= 15 is 0 Å². The number of carbonyl (C=O) groups excluding carboxylic acids is 2. The van der Waals surface area contributed by atoms with Gasteiger partial charge in [0.15, 0.2) is 0 Å². The molecular formula is C22H23ClFN3O2. The summed E-state index contributed by atoms with van der Waals surface area (Å²) in [5.74, 6) is -0.726. The second kappa shape index (κ2) is 7.43. The third-order valence-electron chi connectivity index (χ3n) is 5.82. The molecule has 0 spiro atoms. The maximum atomic E-state index is 14.1. The third-order valence-corrected chi connectivity index (χ3v) is 6.18. The minimum absolute atomic E-state index is 0.0376. The van der Waals surface area contributed by atoms with E-state index in [1.54, 1.807) is 31.0 Å². The molecule has 2 aromatic carbocycles. The lowest BCUT2D eigenvalue weighted by Crippen LogP contribution is -2.43. The summed E-state index contributed by atoms with van der Waals surface area (Å²) in [4.78, 5) is 28.6. The number of urea groups is 1. The van der Waals surface area contributed by atoms with Crippen LogP contribution in [0.2, 0.25) is 5.02 Å². The van der Waals surface area contributed by atoms with Crippen molar-refractivity contribution < 1.29 is 14.0 Å². The van der Waals surface area contributed by atoms with Crippen LogP contribution in [0.5, 0.6) is 0 Å². The number of imide groups is 1. The predicted octanol–water partition coefficient (Wildman–Crippen LogP) is 3.82. The van der Waals surface area contributed by atoms with E-state index in [2.05, 4.69) is 11.4 Å². The highest BCUT2D eigenvalue weighted by atomic mass is 35.5. The number of fused-ring (bicyclic) bond motifs is 1. The highest BCUT2D eigenvalue weighted by Gasteiger charge is 2.49. The number of aryl methyl sites for hydroxylation is 2. The molecule has 152 valence electrons. The van der Waals surface area contributed by atoms with Crippen LogP contribution in [0.4, 0.5) is 9.18 Å². The molecule has 1 N–H and O–H groups in total. The number of halogens is 2. The molecule has 0 saturated carbocycles. The van der Waals surface area contributed by atoms with Crippen molar-refractivity contribution >= 4 is 23.5 Å². The number of carbonyl (C=O) groups is 2. The van der Waals surface area contributed by atoms with Crippen molar-refractivity contribution in [3.05, 3.63) is 69.5 Å². The van der Waals surface area contributed by atoms with E-state index in [1.165, 1.54) is 22.1 Å². The maximum Gasteiger partial charge on any atom is 0.326 e. The van der Waals surface area contributed by atoms with Gasteiger partial charge in [0, 0.05) is 17.1 Å². The van der Waals surface area contributed by atoms with Crippen molar-refractivity contribution in [2.45, 2.75) is 38.3 Å². The normalized spacial score (nSPS) is 21.1. The molecule has 3 amide bonds. The molecule has 1 atom stereocenters. The Morgan fingerprint density at radius 1 is 1.21 bits per heavy atom. The summed E-state index contributed by atoms with van der Waals surface area (Å²) in [6, 6.07) is 10.1. The van der Waals surface area contributed by atoms with E-state index in [0.717, 1.165) is 24.8 Å². The molecule has 1 saturated heterocycles. The standard InChI is InChI=1S/C22H23ClFN3O2/c1-22(16-10-9-14-5-3-6-15(14)11-16)20(28)27(21(29)25-22)13-26(2)12-17-18(23)7-4-8-19(17)24/h4,7-11H,3,5-6,12-13H2,1-2H3,(H,25,29)/t22-/m1/s1. The zero-order valence-electron chi connectivity index (χ0n) is 16.5. The quantitative estimate of drug-likeness (QED) is 0.755. The molecule has 0 unspecified atom stereocenters. The first-order valence-electron chi connectivity index (χ1n) is 9.67. The summed E-state index contributed by atoms with van der Waals surface area (Å²) in [6.07, 6.45) is 3.17. The molecule has 29 heavy (non-hydrogen) atoms. The smallest absolute Gasteiger partial charge is 0.319 e. The Morgan fingerprint density at radius 2 is 1.97 bits per heavy atom. The number of nitrogens with one attached hydrogen (secondary N) is 1. The summed E-state index contributed by atoms with van der Waals surface area (Å²) < 4.78 is 14.1. The third kappa shape index (κ3) is 3.51. The summed E-state index contributed by atoms with van der Waals surface area (Å²) in [7, 11) is 1.72. The van der Waals surface area contributed by atoms with Gasteiger partial charge in [0.2, 0.25) is 0 Å². The van der Waals surface area contributed by atoms with E-state index in [0.29, 0.717) is 10.6 Å². The summed E-state index contributed by atoms with van der Waals surface area (Å²) in [6.45, 7) is 1.95. The summed E-state index contributed by atoms with van der Waals surface area (Å²) in [5, 5.41) is 3.16. The fraction of sp³-hybridized carbons (Fsp3) is 0.364. The molecule has 1 aliphatic heterocycles. The van der Waals surface area contributed by atoms with Crippen LogP contribution in [0.15, 0.2) is 36.4 Å². The van der Waals surface area contributed by atoms with Crippen LogP contribution in [-0.4, -0.2) is 35.5 Å². The van der Waals surface area contributed by atoms with Crippen LogP contribution in [0, 0.1) is 5.82 Å². The Morgan fingerprint density at radius 3 is 2.72 bits per heavy atom. The maximum absolute atomic E-state index is 14.1. The van der Waals surface area contributed by atoms with Gasteiger partial charge < -0.3 is 5.32 Å². The van der Waals surface area contributed by atoms with Gasteiger partial charge in [-0.1, -0.05) is 35.9 Å². The van der Waals surface area contributed by atoms with Gasteiger partial charge in [-0.05, 0) is 62.1 Å². The second-order valence-electron chi connectivity index (χ2n) is 7.98. The van der Waals surface area contributed by atoms with Gasteiger partial charge in [-0.3, -0.25) is 9.69 Å². The molecule has 2 aliphatic rings. The molecule has 5 nitrogen and oxygen atoms in total. The molecule has 1 fully saturated rings. The predicted molar refractivity (Wildman–Crippen MR) is 109 cm³/mol. The van der Waals surface area contributed by atoms with Gasteiger partial charge in [0.25, 0.3) is 5.91 Å². The number of benzene rings is 2. The van der Waals surface area contributed by atoms with E-state index in [1.807, 2.05) is 12.1 Å². The fourth-order valence-corrected chi connectivity index (χ4v) is 4.37. The van der Waals surface area contributed by atoms with Gasteiger partial charge in [-0.25, -0.2) is 14.1 Å². The number of hydrogen-bond acceptors (Lipinski definition) is 3. The zero-order chi connectivity index (χ0) is 20.8. The molecular weight excluding hydrogens is 393 g/mol. The zero-order valence-corrected chi connectivity index (χ0v) is 17.2. The second-order valence-corrected chi connectivity index (χ2v) is 8.39. The average molecular weight is 416 g/mol. The Labute approximate surface area is 174 Å². The largest absolute Gasteiger partial charge is 0.326 e. The first-order chi connectivity index (χ1) is 13.8. The molecule has 0 bridgehead atoms. The van der Waals surface area contributed by atoms with Crippen molar-refractivity contribution in [2.24, 2.45) is 0 Å². The van der Waals surface area contributed by atoms with Crippen molar-refractivity contribution in [1.29, 1.82) is 0 Å². The van der Waals surface area contributed by atoms with E-state index in [-0.39, 0.29) is 19.1 Å². The van der Waals surface area contributed by atoms with Gasteiger partial charge in [0.1, 0.15) is 11.4 Å². The number of amides is 3. The lowest BCUT2D eigenvalue weighted by atomic mass is 9.90. The summed E-state index contributed by atoms with van der Waals surface area (Å²) in [5.41, 5.74) is 2.58. The Balaban J connectivity index is 1.52. The number of nitrogens with zero attached hydrogens (tertiary/aromatic N) is 2. The van der Waals surface area contributed by atoms with Crippen molar-refractivity contribution in [3.63, 3.8) is 0 Å². The fourth-order valence-electron chi connectivity index (χ4n) is 4.15. The van der Waals surface area contributed by atoms with Crippen LogP contribution in [0.25, 0.3) is 0 Å². The van der Waals surface area contributed by atoms with Gasteiger partial charge >= 0.3 is 6.03 Å². The van der Waals surface area contributed by atoms with Crippen LogP contribution >= 0.6 is 11.6 Å². The van der Waals surface area contributed by atoms with E-state index in [4.69, 9.17) is 11.6 Å². The highest BCUT2D eigenvalue weighted by molar-refractivity contribution is 6.31. The van der Waals surface area contributed by atoms with Crippen LogP contribution < -0.4 is 5.32 Å². The van der Waals surface area contributed by atoms with Crippen LogP contribution in [0.1, 0.15) is 35.6 Å². The van der Waals surface area contributed by atoms with Gasteiger partial charge in [-0.15, -0.1) is 0 Å². The first-order valence-corrected chi connectivity index (χ1v) is 10.0. The lowest BCUT2D eigenvalue weighted by Gasteiger charge is -2.25. The highest BCUT2D eigenvalue weighted by Crippen LogP contribution is 2.32. The molecule has 1 aliphatic carbocycles. The van der Waals surface area contributed by atoms with Crippen LogP contribution in [0.3, 0.4) is 0 Å². The van der Waals surface area contributed by atoms with Crippen molar-refractivity contribution in [1.82, 2.24) is 15.1 Å². The van der Waals surface area contributed by atoms with Gasteiger partial charge in [0.05, 0.1) is 6.67 Å². The molecule has 0 aromatic heterocycles. The summed E-state index contributed by atoms with van der Waals surface area (Å²) >= 11 is 6.09. The molecule has 2 aromatic rings. The molecule has 0 radical (unpaired) electrons. The number of hydrogen-bond donors (Lipinski definition) is 1. The minimum atomic E-state index is -1.11. The van der Waals surface area contributed by atoms with E-state index in [9.17, 15) is 14.0 Å². The SMILES string of the molecule is CN(Cc1c(F)cccc1Cl)CN1C(=O)N[C@](C)(c2ccc3c(c2)CCC3)C1=O. The molecule has 7 heteroatoms. The average Bonchev–Trinajstić information content (AvgIpc) is 3.23.